The molecule has 0 bridgehead atoms. The van der Waals surface area contributed by atoms with E-state index in [0.717, 1.165) is 11.3 Å². The van der Waals surface area contributed by atoms with E-state index >= 15 is 0 Å². The molecule has 0 unspecified atom stereocenters. The van der Waals surface area contributed by atoms with Gasteiger partial charge in [0.05, 0.1) is 26.1 Å². The Bertz CT molecular complexity index is 624. The van der Waals surface area contributed by atoms with Crippen LogP contribution < -0.4 is 20.5 Å². The minimum absolute atomic E-state index is 0.0675. The molecule has 1 heterocycles. The van der Waals surface area contributed by atoms with E-state index in [4.69, 9.17) is 15.2 Å². The fraction of sp³-hybridized carbons (Fsp3) is 0.286. The Labute approximate surface area is 122 Å². The lowest BCUT2D eigenvalue weighted by molar-refractivity contribution is -0.118. The number of nitrogens with one attached hydrogen (secondary N) is 1. The van der Waals surface area contributed by atoms with Crippen LogP contribution in [0.3, 0.4) is 0 Å². The molecule has 0 saturated heterocycles. The van der Waals surface area contributed by atoms with Crippen molar-refractivity contribution in [3.63, 3.8) is 0 Å². The van der Waals surface area contributed by atoms with Crippen molar-refractivity contribution in [1.29, 1.82) is 0 Å². The average Bonchev–Trinajstić information content (AvgIpc) is 2.91. The molecule has 1 aromatic carbocycles. The second kappa shape index (κ2) is 6.65. The summed E-state index contributed by atoms with van der Waals surface area (Å²) in [6.07, 6.45) is 3.37. The molecular weight excluding hydrogens is 272 g/mol. The molecule has 0 fully saturated rings. The minimum atomic E-state index is -0.426. The number of carbonyl (C=O) groups is 1. The zero-order chi connectivity index (χ0) is 15.2. The van der Waals surface area contributed by atoms with Crippen molar-refractivity contribution in [2.75, 3.05) is 19.5 Å². The van der Waals surface area contributed by atoms with Gasteiger partial charge in [0.2, 0.25) is 5.91 Å². The fourth-order valence-electron chi connectivity index (χ4n) is 1.90. The molecule has 0 atom stereocenters. The summed E-state index contributed by atoms with van der Waals surface area (Å²) in [6, 6.07) is 5.70. The molecule has 7 heteroatoms. The van der Waals surface area contributed by atoms with Crippen molar-refractivity contribution in [1.82, 2.24) is 9.78 Å². The quantitative estimate of drug-likeness (QED) is 0.793. The topological polar surface area (TPSA) is 91.4 Å². The van der Waals surface area contributed by atoms with Crippen LogP contribution in [0.15, 0.2) is 30.6 Å². The number of benzene rings is 1. The maximum absolute atomic E-state index is 10.8. The molecule has 3 N–H and O–H groups in total. The molecule has 21 heavy (non-hydrogen) atoms. The zero-order valence-electron chi connectivity index (χ0n) is 12.0. The fourth-order valence-corrected chi connectivity index (χ4v) is 1.90. The Kier molecular flexibility index (Phi) is 4.65. The number of hydrogen-bond donors (Lipinski definition) is 2. The molecule has 0 aliphatic heterocycles. The molecule has 7 nitrogen and oxygen atoms in total. The second-order valence-electron chi connectivity index (χ2n) is 4.44. The van der Waals surface area contributed by atoms with Crippen molar-refractivity contribution in [3.8, 4) is 11.5 Å². The van der Waals surface area contributed by atoms with Crippen LogP contribution in [-0.2, 0) is 17.9 Å². The Morgan fingerprint density at radius 2 is 2.10 bits per heavy atom. The summed E-state index contributed by atoms with van der Waals surface area (Å²) in [7, 11) is 3.20. The number of primary amides is 1. The zero-order valence-corrected chi connectivity index (χ0v) is 12.0. The van der Waals surface area contributed by atoms with Crippen molar-refractivity contribution < 1.29 is 14.3 Å². The van der Waals surface area contributed by atoms with Gasteiger partial charge in [-0.3, -0.25) is 9.48 Å². The summed E-state index contributed by atoms with van der Waals surface area (Å²) in [5, 5.41) is 7.25. The van der Waals surface area contributed by atoms with Gasteiger partial charge in [-0.2, -0.15) is 5.10 Å². The molecule has 0 aliphatic carbocycles. The average molecular weight is 290 g/mol. The first-order valence-electron chi connectivity index (χ1n) is 6.38. The van der Waals surface area contributed by atoms with Crippen molar-refractivity contribution in [2.45, 2.75) is 13.1 Å². The van der Waals surface area contributed by atoms with Gasteiger partial charge in [-0.05, 0) is 17.7 Å². The van der Waals surface area contributed by atoms with Crippen LogP contribution in [-0.4, -0.2) is 29.9 Å². The van der Waals surface area contributed by atoms with E-state index < -0.39 is 5.91 Å². The van der Waals surface area contributed by atoms with Crippen LogP contribution >= 0.6 is 0 Å². The Morgan fingerprint density at radius 1 is 1.33 bits per heavy atom. The van der Waals surface area contributed by atoms with Gasteiger partial charge in [-0.1, -0.05) is 6.07 Å². The summed E-state index contributed by atoms with van der Waals surface area (Å²) in [5.41, 5.74) is 6.96. The number of nitrogens with two attached hydrogens (primary N) is 1. The van der Waals surface area contributed by atoms with Crippen molar-refractivity contribution in [2.24, 2.45) is 5.73 Å². The van der Waals surface area contributed by atoms with Crippen LogP contribution in [0.2, 0.25) is 0 Å². The molecule has 0 radical (unpaired) electrons. The predicted octanol–water partition coefficient (Wildman–Crippen LogP) is 0.998. The van der Waals surface area contributed by atoms with E-state index in [9.17, 15) is 4.79 Å². The van der Waals surface area contributed by atoms with Crippen molar-refractivity contribution >= 4 is 11.6 Å². The number of anilines is 1. The lowest BCUT2D eigenvalue weighted by Crippen LogP contribution is -2.18. The molecular formula is C14H18N4O3. The largest absolute Gasteiger partial charge is 0.493 e. The Hall–Kier alpha value is -2.70. The number of hydrogen-bond acceptors (Lipinski definition) is 5. The number of ether oxygens (including phenoxy) is 2. The monoisotopic (exact) mass is 290 g/mol. The van der Waals surface area contributed by atoms with Gasteiger partial charge in [0.1, 0.15) is 6.54 Å². The smallest absolute Gasteiger partial charge is 0.239 e. The van der Waals surface area contributed by atoms with Crippen LogP contribution in [0, 0.1) is 0 Å². The van der Waals surface area contributed by atoms with Gasteiger partial charge < -0.3 is 20.5 Å². The minimum Gasteiger partial charge on any atom is -0.493 e. The van der Waals surface area contributed by atoms with Crippen LogP contribution in [0.1, 0.15) is 5.56 Å². The summed E-state index contributed by atoms with van der Waals surface area (Å²) >= 11 is 0. The second-order valence-corrected chi connectivity index (χ2v) is 4.44. The third kappa shape index (κ3) is 3.88. The molecule has 112 valence electrons. The molecule has 0 spiro atoms. The molecule has 0 saturated carbocycles. The number of rotatable bonds is 7. The van der Waals surface area contributed by atoms with E-state index in [1.807, 2.05) is 18.2 Å². The highest BCUT2D eigenvalue weighted by atomic mass is 16.5. The standard InChI is InChI=1S/C14H18N4O3/c1-20-12-4-3-10(5-13(12)21-2)6-16-11-7-17-18(8-11)9-14(15)19/h3-5,7-8,16H,6,9H2,1-2H3,(H2,15,19). The highest BCUT2D eigenvalue weighted by Crippen LogP contribution is 2.27. The Balaban J connectivity index is 1.99. The van der Waals surface area contributed by atoms with Crippen molar-refractivity contribution in [3.05, 3.63) is 36.2 Å². The molecule has 0 aliphatic rings. The summed E-state index contributed by atoms with van der Waals surface area (Å²) < 4.78 is 11.9. The molecule has 2 aromatic rings. The van der Waals surface area contributed by atoms with Crippen LogP contribution in [0.5, 0.6) is 11.5 Å². The highest BCUT2D eigenvalue weighted by molar-refractivity contribution is 5.73. The number of methoxy groups -OCH3 is 2. The van der Waals surface area contributed by atoms with Gasteiger partial charge in [0, 0.05) is 12.7 Å². The predicted molar refractivity (Wildman–Crippen MR) is 78.3 cm³/mol. The van der Waals surface area contributed by atoms with Gasteiger partial charge in [0.25, 0.3) is 0 Å². The maximum Gasteiger partial charge on any atom is 0.239 e. The first kappa shape index (κ1) is 14.7. The summed E-state index contributed by atoms with van der Waals surface area (Å²) in [5.74, 6) is 0.946. The summed E-state index contributed by atoms with van der Waals surface area (Å²) in [6.45, 7) is 0.667. The number of aromatic nitrogens is 2. The number of amides is 1. The SMILES string of the molecule is COc1ccc(CNc2cnn(CC(N)=O)c2)cc1OC. The van der Waals surface area contributed by atoms with E-state index in [1.165, 1.54) is 4.68 Å². The number of nitrogens with zero attached hydrogens (tertiary/aromatic N) is 2. The Morgan fingerprint density at radius 3 is 2.76 bits per heavy atom. The van der Waals surface area contributed by atoms with Crippen LogP contribution in [0.25, 0.3) is 0 Å². The highest BCUT2D eigenvalue weighted by Gasteiger charge is 2.05. The van der Waals surface area contributed by atoms with E-state index in [2.05, 4.69) is 10.4 Å². The molecule has 1 aromatic heterocycles. The maximum atomic E-state index is 10.8. The van der Waals surface area contributed by atoms with Gasteiger partial charge in [-0.15, -0.1) is 0 Å². The first-order valence-corrected chi connectivity index (χ1v) is 6.38. The van der Waals surface area contributed by atoms with E-state index in [1.54, 1.807) is 26.6 Å². The van der Waals surface area contributed by atoms with Crippen LogP contribution in [0.4, 0.5) is 5.69 Å². The van der Waals surface area contributed by atoms with E-state index in [0.29, 0.717) is 18.0 Å². The molecule has 2 rings (SSSR count). The molecule has 1 amide bonds. The lowest BCUT2D eigenvalue weighted by Gasteiger charge is -2.10. The summed E-state index contributed by atoms with van der Waals surface area (Å²) in [4.78, 5) is 10.8. The first-order chi connectivity index (χ1) is 10.1. The third-order valence-electron chi connectivity index (χ3n) is 2.90. The number of carbonyl (C=O) groups excluding carboxylic acids is 1. The third-order valence-corrected chi connectivity index (χ3v) is 2.90. The van der Waals surface area contributed by atoms with Gasteiger partial charge >= 0.3 is 0 Å². The van der Waals surface area contributed by atoms with Gasteiger partial charge in [0.15, 0.2) is 11.5 Å². The lowest BCUT2D eigenvalue weighted by atomic mass is 10.2. The van der Waals surface area contributed by atoms with E-state index in [-0.39, 0.29) is 6.54 Å². The van der Waals surface area contributed by atoms with Gasteiger partial charge in [-0.25, -0.2) is 0 Å². The normalized spacial score (nSPS) is 10.2.